The second-order valence-corrected chi connectivity index (χ2v) is 6.98. The van der Waals surface area contributed by atoms with Crippen molar-refractivity contribution in [3.63, 3.8) is 0 Å². The Hall–Kier alpha value is -2.88. The molecule has 0 bridgehead atoms. The molecule has 1 atom stereocenters. The molecule has 1 aromatic carbocycles. The van der Waals surface area contributed by atoms with Crippen LogP contribution in [0.25, 0.3) is 0 Å². The molecule has 1 saturated heterocycles. The van der Waals surface area contributed by atoms with Crippen LogP contribution in [0.4, 0.5) is 10.5 Å². The smallest absolute Gasteiger partial charge is 0.354 e. The first kappa shape index (κ1) is 19.9. The number of hydrazone groups is 1. The third-order valence-electron chi connectivity index (χ3n) is 4.22. The number of carbonyl (C=O) groups excluding carboxylic acids is 4. The summed E-state index contributed by atoms with van der Waals surface area (Å²) in [4.78, 5) is 49.1. The van der Waals surface area contributed by atoms with E-state index in [1.165, 1.54) is 5.01 Å². The van der Waals surface area contributed by atoms with Gasteiger partial charge in [0.1, 0.15) is 11.8 Å². The first-order chi connectivity index (χ1) is 13.5. The molecule has 10 heteroatoms. The van der Waals surface area contributed by atoms with Crippen molar-refractivity contribution in [1.29, 1.82) is 0 Å². The monoisotopic (exact) mass is 404 g/mol. The number of amides is 3. The summed E-state index contributed by atoms with van der Waals surface area (Å²) in [7, 11) is 0. The highest BCUT2D eigenvalue weighted by Gasteiger charge is 2.37. The van der Waals surface area contributed by atoms with Crippen LogP contribution in [0.15, 0.2) is 35.4 Å². The Morgan fingerprint density at radius 1 is 1.29 bits per heavy atom. The number of hydrogen-bond acceptors (Lipinski definition) is 8. The van der Waals surface area contributed by atoms with Gasteiger partial charge in [-0.3, -0.25) is 24.3 Å². The van der Waals surface area contributed by atoms with Gasteiger partial charge < -0.3 is 10.1 Å². The molecule has 1 N–H and O–H groups in total. The number of thioether (sulfide) groups is 1. The lowest BCUT2D eigenvalue weighted by Crippen LogP contribution is -2.45. The molecule has 0 aromatic heterocycles. The molecule has 1 aromatic rings. The topological polar surface area (TPSA) is 108 Å². The van der Waals surface area contributed by atoms with E-state index in [1.807, 2.05) is 18.2 Å². The van der Waals surface area contributed by atoms with Crippen LogP contribution in [0.3, 0.4) is 0 Å². The molecule has 148 valence electrons. The SMILES string of the molecule is CCOC(=O)C1=NN(c2ccccc2)C(C(=O)NCCN2C(=O)CSC2=O)C1. The van der Waals surface area contributed by atoms with Gasteiger partial charge in [0.05, 0.1) is 18.0 Å². The van der Waals surface area contributed by atoms with Crippen LogP contribution in [-0.2, 0) is 19.1 Å². The molecule has 0 saturated carbocycles. The van der Waals surface area contributed by atoms with Gasteiger partial charge in [0.2, 0.25) is 11.8 Å². The lowest BCUT2D eigenvalue weighted by atomic mass is 10.1. The van der Waals surface area contributed by atoms with E-state index in [1.54, 1.807) is 19.1 Å². The fraction of sp³-hybridized carbons (Fsp3) is 0.389. The first-order valence-electron chi connectivity index (χ1n) is 8.85. The Bertz CT molecular complexity index is 797. The molecule has 0 spiro atoms. The van der Waals surface area contributed by atoms with E-state index in [-0.39, 0.29) is 54.6 Å². The minimum absolute atomic E-state index is 0.108. The number of nitrogens with one attached hydrogen (secondary N) is 1. The molecule has 2 heterocycles. The average molecular weight is 404 g/mol. The number of benzene rings is 1. The molecule has 9 nitrogen and oxygen atoms in total. The van der Waals surface area contributed by atoms with Gasteiger partial charge in [-0.05, 0) is 19.1 Å². The van der Waals surface area contributed by atoms with Gasteiger partial charge in [0.15, 0.2) is 0 Å². The summed E-state index contributed by atoms with van der Waals surface area (Å²) in [5.41, 5.74) is 0.843. The highest BCUT2D eigenvalue weighted by atomic mass is 32.2. The summed E-state index contributed by atoms with van der Waals surface area (Å²) in [6.07, 6.45) is 0.108. The van der Waals surface area contributed by atoms with Crippen LogP contribution >= 0.6 is 11.8 Å². The molecule has 1 fully saturated rings. The fourth-order valence-electron chi connectivity index (χ4n) is 2.88. The van der Waals surface area contributed by atoms with Crippen molar-refractivity contribution in [2.24, 2.45) is 5.10 Å². The summed E-state index contributed by atoms with van der Waals surface area (Å²) >= 11 is 0.950. The van der Waals surface area contributed by atoms with Crippen molar-refractivity contribution >= 4 is 46.2 Å². The normalized spacial score (nSPS) is 19.0. The predicted molar refractivity (Wildman–Crippen MR) is 104 cm³/mol. The maximum Gasteiger partial charge on any atom is 0.354 e. The number of hydrogen-bond donors (Lipinski definition) is 1. The van der Waals surface area contributed by atoms with Crippen LogP contribution in [0, 0.1) is 0 Å². The zero-order valence-corrected chi connectivity index (χ0v) is 16.1. The number of carbonyl (C=O) groups is 4. The quantitative estimate of drug-likeness (QED) is 0.675. The number of imide groups is 1. The largest absolute Gasteiger partial charge is 0.461 e. The van der Waals surface area contributed by atoms with Gasteiger partial charge >= 0.3 is 5.97 Å². The molecule has 1 unspecified atom stereocenters. The van der Waals surface area contributed by atoms with Crippen molar-refractivity contribution in [2.45, 2.75) is 19.4 Å². The Morgan fingerprint density at radius 3 is 2.68 bits per heavy atom. The minimum Gasteiger partial charge on any atom is -0.461 e. The number of esters is 1. The summed E-state index contributed by atoms with van der Waals surface area (Å²) in [6, 6.07) is 8.32. The number of para-hydroxylation sites is 1. The molecule has 2 aliphatic heterocycles. The molecule has 0 aliphatic carbocycles. The Morgan fingerprint density at radius 2 is 2.04 bits per heavy atom. The third kappa shape index (κ3) is 4.33. The minimum atomic E-state index is -0.721. The maximum absolute atomic E-state index is 12.7. The third-order valence-corrected chi connectivity index (χ3v) is 5.08. The highest BCUT2D eigenvalue weighted by Crippen LogP contribution is 2.25. The second-order valence-electron chi connectivity index (χ2n) is 6.06. The lowest BCUT2D eigenvalue weighted by molar-refractivity contribution is -0.135. The molecule has 0 radical (unpaired) electrons. The maximum atomic E-state index is 12.7. The number of anilines is 1. The van der Waals surface area contributed by atoms with E-state index < -0.39 is 12.0 Å². The molecule has 3 rings (SSSR count). The number of rotatable bonds is 7. The van der Waals surface area contributed by atoms with Gasteiger partial charge in [-0.15, -0.1) is 0 Å². The van der Waals surface area contributed by atoms with Crippen LogP contribution in [0.2, 0.25) is 0 Å². The van der Waals surface area contributed by atoms with E-state index >= 15 is 0 Å². The van der Waals surface area contributed by atoms with Crippen molar-refractivity contribution in [2.75, 3.05) is 30.5 Å². The summed E-state index contributed by atoms with van der Waals surface area (Å²) < 4.78 is 5.00. The standard InChI is InChI=1S/C18H20N4O5S/c1-2-27-17(25)13-10-14(22(20-13)12-6-4-3-5-7-12)16(24)19-8-9-21-15(23)11-28-18(21)26/h3-7,14H,2,8-11H2,1H3,(H,19,24). The van der Waals surface area contributed by atoms with Crippen LogP contribution in [0.5, 0.6) is 0 Å². The van der Waals surface area contributed by atoms with Crippen LogP contribution < -0.4 is 10.3 Å². The van der Waals surface area contributed by atoms with E-state index in [9.17, 15) is 19.2 Å². The number of nitrogens with zero attached hydrogens (tertiary/aromatic N) is 3. The van der Waals surface area contributed by atoms with Crippen molar-refractivity contribution < 1.29 is 23.9 Å². The second kappa shape index (κ2) is 8.87. The molecular weight excluding hydrogens is 384 g/mol. The van der Waals surface area contributed by atoms with Crippen LogP contribution in [0.1, 0.15) is 13.3 Å². The molecule has 28 heavy (non-hydrogen) atoms. The average Bonchev–Trinajstić information content (AvgIpc) is 3.28. The van der Waals surface area contributed by atoms with Gasteiger partial charge in [-0.2, -0.15) is 5.10 Å². The zero-order valence-electron chi connectivity index (χ0n) is 15.3. The molecular formula is C18H20N4O5S. The highest BCUT2D eigenvalue weighted by molar-refractivity contribution is 8.14. The van der Waals surface area contributed by atoms with Gasteiger partial charge in [-0.25, -0.2) is 4.79 Å². The predicted octanol–water partition coefficient (Wildman–Crippen LogP) is 0.996. The van der Waals surface area contributed by atoms with Gasteiger partial charge in [0, 0.05) is 19.5 Å². The van der Waals surface area contributed by atoms with E-state index in [0.29, 0.717) is 5.69 Å². The van der Waals surface area contributed by atoms with E-state index in [2.05, 4.69) is 10.4 Å². The summed E-state index contributed by atoms with van der Waals surface area (Å²) in [5.74, 6) is -1.03. The molecule has 2 aliphatic rings. The summed E-state index contributed by atoms with van der Waals surface area (Å²) in [5, 5.41) is 8.19. The van der Waals surface area contributed by atoms with Crippen molar-refractivity contribution in [3.8, 4) is 0 Å². The van der Waals surface area contributed by atoms with Crippen molar-refractivity contribution in [3.05, 3.63) is 30.3 Å². The first-order valence-corrected chi connectivity index (χ1v) is 9.83. The Kier molecular flexibility index (Phi) is 6.30. The van der Waals surface area contributed by atoms with Crippen LogP contribution in [-0.4, -0.2) is 65.1 Å². The van der Waals surface area contributed by atoms with Gasteiger partial charge in [0.25, 0.3) is 5.24 Å². The van der Waals surface area contributed by atoms with E-state index in [4.69, 9.17) is 4.74 Å². The Labute approximate surface area is 166 Å². The zero-order chi connectivity index (χ0) is 20.1. The van der Waals surface area contributed by atoms with Gasteiger partial charge in [-0.1, -0.05) is 30.0 Å². The Balaban J connectivity index is 1.66. The fourth-order valence-corrected chi connectivity index (χ4v) is 3.63. The lowest BCUT2D eigenvalue weighted by Gasteiger charge is -2.23. The summed E-state index contributed by atoms with van der Waals surface area (Å²) in [6.45, 7) is 2.16. The van der Waals surface area contributed by atoms with Crippen molar-refractivity contribution in [1.82, 2.24) is 10.2 Å². The number of ether oxygens (including phenoxy) is 1. The molecule has 3 amide bonds. The van der Waals surface area contributed by atoms with E-state index in [0.717, 1.165) is 16.7 Å².